The summed E-state index contributed by atoms with van der Waals surface area (Å²) in [5.41, 5.74) is 4.15. The molecule has 5 heteroatoms. The summed E-state index contributed by atoms with van der Waals surface area (Å²) in [6.07, 6.45) is 0.834. The monoisotopic (exact) mass is 338 g/mol. The third kappa shape index (κ3) is 2.60. The van der Waals surface area contributed by atoms with Crippen molar-refractivity contribution in [1.29, 1.82) is 0 Å². The van der Waals surface area contributed by atoms with Crippen molar-refractivity contribution < 1.29 is 9.53 Å². The van der Waals surface area contributed by atoms with Gasteiger partial charge in [-0.1, -0.05) is 48.6 Å². The Kier molecular flexibility index (Phi) is 4.04. The van der Waals surface area contributed by atoms with Crippen molar-refractivity contribution in [3.63, 3.8) is 0 Å². The molecule has 0 radical (unpaired) electrons. The summed E-state index contributed by atoms with van der Waals surface area (Å²) >= 11 is 5.51. The van der Waals surface area contributed by atoms with E-state index < -0.39 is 0 Å². The number of carbonyl (C=O) groups excluding carboxylic acids is 1. The first-order valence-corrected chi connectivity index (χ1v) is 8.53. The number of hydrogen-bond donors (Lipinski definition) is 0. The molecule has 2 heterocycles. The Morgan fingerprint density at radius 3 is 2.04 bits per heavy atom. The van der Waals surface area contributed by atoms with Crippen LogP contribution >= 0.6 is 12.2 Å². The van der Waals surface area contributed by atoms with Crippen LogP contribution in [0.4, 0.5) is 11.4 Å². The van der Waals surface area contributed by atoms with Crippen molar-refractivity contribution in [1.82, 2.24) is 4.90 Å². The summed E-state index contributed by atoms with van der Waals surface area (Å²) < 4.78 is 5.36. The standard InChI is InChI=1S/C19H18N2O2S/c22-18(19(24)20-9-11-23-12-10-20)21-16-7-3-1-5-14(16)13-15-6-2-4-8-17(15)21/h1-8H,9-13H2. The number of para-hydroxylation sites is 2. The van der Waals surface area contributed by atoms with Gasteiger partial charge in [0.05, 0.1) is 24.6 Å². The molecule has 0 aliphatic carbocycles. The van der Waals surface area contributed by atoms with Gasteiger partial charge in [-0.15, -0.1) is 0 Å². The zero-order valence-corrected chi connectivity index (χ0v) is 14.1. The van der Waals surface area contributed by atoms with E-state index in [0.29, 0.717) is 31.3 Å². The van der Waals surface area contributed by atoms with Crippen LogP contribution in [0.2, 0.25) is 0 Å². The molecular weight excluding hydrogens is 320 g/mol. The minimum Gasteiger partial charge on any atom is -0.378 e. The highest BCUT2D eigenvalue weighted by molar-refractivity contribution is 7.82. The van der Waals surface area contributed by atoms with E-state index in [4.69, 9.17) is 17.0 Å². The van der Waals surface area contributed by atoms with Crippen LogP contribution in [0.3, 0.4) is 0 Å². The van der Waals surface area contributed by atoms with Crippen LogP contribution in [0, 0.1) is 0 Å². The fourth-order valence-corrected chi connectivity index (χ4v) is 3.58. The van der Waals surface area contributed by atoms with Crippen LogP contribution in [0.15, 0.2) is 48.5 Å². The van der Waals surface area contributed by atoms with Gasteiger partial charge in [-0.2, -0.15) is 0 Å². The van der Waals surface area contributed by atoms with E-state index >= 15 is 0 Å². The number of nitrogens with zero attached hydrogens (tertiary/aromatic N) is 2. The van der Waals surface area contributed by atoms with Crippen molar-refractivity contribution in [2.75, 3.05) is 31.2 Å². The number of ether oxygens (including phenoxy) is 1. The van der Waals surface area contributed by atoms with Gasteiger partial charge in [-0.05, 0) is 23.3 Å². The largest absolute Gasteiger partial charge is 0.378 e. The molecule has 0 saturated carbocycles. The van der Waals surface area contributed by atoms with E-state index in [9.17, 15) is 4.79 Å². The molecule has 2 aromatic rings. The molecule has 0 atom stereocenters. The average Bonchev–Trinajstić information content (AvgIpc) is 2.65. The van der Waals surface area contributed by atoms with Crippen LogP contribution in [-0.2, 0) is 16.0 Å². The summed E-state index contributed by atoms with van der Waals surface area (Å²) in [7, 11) is 0. The summed E-state index contributed by atoms with van der Waals surface area (Å²) in [5.74, 6) is -0.133. The van der Waals surface area contributed by atoms with E-state index in [0.717, 1.165) is 28.9 Å². The normalized spacial score (nSPS) is 16.3. The molecule has 0 spiro atoms. The van der Waals surface area contributed by atoms with Crippen molar-refractivity contribution in [2.24, 2.45) is 0 Å². The fraction of sp³-hybridized carbons (Fsp3) is 0.263. The lowest BCUT2D eigenvalue weighted by Gasteiger charge is -2.35. The van der Waals surface area contributed by atoms with Gasteiger partial charge in [0.25, 0.3) is 5.91 Å². The van der Waals surface area contributed by atoms with Gasteiger partial charge >= 0.3 is 0 Å². The molecule has 2 aliphatic rings. The summed E-state index contributed by atoms with van der Waals surface area (Å²) in [6.45, 7) is 2.56. The van der Waals surface area contributed by atoms with Gasteiger partial charge in [-0.25, -0.2) is 0 Å². The minimum atomic E-state index is -0.133. The van der Waals surface area contributed by atoms with Crippen molar-refractivity contribution in [3.05, 3.63) is 59.7 Å². The van der Waals surface area contributed by atoms with E-state index in [1.54, 1.807) is 4.90 Å². The quantitative estimate of drug-likeness (QED) is 0.692. The highest BCUT2D eigenvalue weighted by Crippen LogP contribution is 2.38. The number of fused-ring (bicyclic) bond motifs is 2. The number of benzene rings is 2. The molecule has 4 nitrogen and oxygen atoms in total. The smallest absolute Gasteiger partial charge is 0.290 e. The second-order valence-corrected chi connectivity index (χ2v) is 6.37. The topological polar surface area (TPSA) is 32.8 Å². The Morgan fingerprint density at radius 1 is 0.917 bits per heavy atom. The lowest BCUT2D eigenvalue weighted by molar-refractivity contribution is -0.112. The molecule has 0 N–H and O–H groups in total. The van der Waals surface area contributed by atoms with Crippen LogP contribution in [0.5, 0.6) is 0 Å². The first kappa shape index (κ1) is 15.3. The van der Waals surface area contributed by atoms with E-state index in [-0.39, 0.29) is 5.91 Å². The van der Waals surface area contributed by atoms with Gasteiger partial charge in [0, 0.05) is 19.5 Å². The number of morpholine rings is 1. The third-order valence-electron chi connectivity index (χ3n) is 4.53. The number of thiocarbonyl (C=S) groups is 1. The average molecular weight is 338 g/mol. The first-order valence-electron chi connectivity index (χ1n) is 8.12. The first-order chi connectivity index (χ1) is 11.8. The van der Waals surface area contributed by atoms with Crippen LogP contribution in [0.25, 0.3) is 0 Å². The second-order valence-electron chi connectivity index (χ2n) is 5.98. The SMILES string of the molecule is O=C(C(=S)N1CCOCC1)N1c2ccccc2Cc2ccccc21. The maximum Gasteiger partial charge on any atom is 0.290 e. The zero-order valence-electron chi connectivity index (χ0n) is 13.3. The fourth-order valence-electron chi connectivity index (χ4n) is 3.31. The molecule has 0 aromatic heterocycles. The summed E-state index contributed by atoms with van der Waals surface area (Å²) in [5, 5.41) is 0. The number of anilines is 2. The molecule has 1 amide bonds. The van der Waals surface area contributed by atoms with Gasteiger partial charge in [0.1, 0.15) is 0 Å². The highest BCUT2D eigenvalue weighted by Gasteiger charge is 2.31. The van der Waals surface area contributed by atoms with Crippen LogP contribution < -0.4 is 4.90 Å². The van der Waals surface area contributed by atoms with E-state index in [2.05, 4.69) is 12.1 Å². The molecule has 1 saturated heterocycles. The Hall–Kier alpha value is -2.24. The predicted octanol–water partition coefficient (Wildman–Crippen LogP) is 2.92. The summed E-state index contributed by atoms with van der Waals surface area (Å²) in [4.78, 5) is 17.3. The maximum atomic E-state index is 13.2. The van der Waals surface area contributed by atoms with Crippen LogP contribution in [0.1, 0.15) is 11.1 Å². The molecule has 1 fully saturated rings. The zero-order chi connectivity index (χ0) is 16.5. The van der Waals surface area contributed by atoms with Gasteiger partial charge < -0.3 is 9.64 Å². The Balaban J connectivity index is 1.74. The Bertz CT molecular complexity index is 754. The lowest BCUT2D eigenvalue weighted by atomic mass is 9.95. The predicted molar refractivity (Wildman–Crippen MR) is 97.8 cm³/mol. The number of amides is 1. The molecule has 2 aliphatic heterocycles. The maximum absolute atomic E-state index is 13.2. The molecular formula is C19H18N2O2S. The molecule has 0 bridgehead atoms. The van der Waals surface area contributed by atoms with Gasteiger partial charge in [-0.3, -0.25) is 9.69 Å². The van der Waals surface area contributed by atoms with Gasteiger partial charge in [0.15, 0.2) is 4.99 Å². The van der Waals surface area contributed by atoms with Crippen molar-refractivity contribution in [3.8, 4) is 0 Å². The minimum absolute atomic E-state index is 0.133. The number of hydrogen-bond acceptors (Lipinski definition) is 3. The Morgan fingerprint density at radius 2 is 1.46 bits per heavy atom. The van der Waals surface area contributed by atoms with Gasteiger partial charge in [0.2, 0.25) is 0 Å². The third-order valence-corrected chi connectivity index (χ3v) is 4.96. The molecule has 0 unspecified atom stereocenters. The van der Waals surface area contributed by atoms with Crippen molar-refractivity contribution in [2.45, 2.75) is 6.42 Å². The van der Waals surface area contributed by atoms with Crippen molar-refractivity contribution >= 4 is 34.5 Å². The second kappa shape index (κ2) is 6.34. The molecule has 2 aromatic carbocycles. The highest BCUT2D eigenvalue weighted by atomic mass is 32.1. The molecule has 24 heavy (non-hydrogen) atoms. The van der Waals surface area contributed by atoms with E-state index in [1.165, 1.54) is 0 Å². The number of rotatable bonds is 0. The number of carbonyl (C=O) groups is 1. The molecule has 4 rings (SSSR count). The molecule has 122 valence electrons. The van der Waals surface area contributed by atoms with Crippen LogP contribution in [-0.4, -0.2) is 42.1 Å². The Labute approximate surface area is 146 Å². The summed E-state index contributed by atoms with van der Waals surface area (Å²) in [6, 6.07) is 16.1. The lowest BCUT2D eigenvalue weighted by Crippen LogP contribution is -2.48. The van der Waals surface area contributed by atoms with E-state index in [1.807, 2.05) is 41.3 Å².